The van der Waals surface area contributed by atoms with Crippen molar-refractivity contribution in [3.63, 3.8) is 0 Å². The predicted octanol–water partition coefficient (Wildman–Crippen LogP) is 3.22. The molecule has 0 saturated heterocycles. The van der Waals surface area contributed by atoms with E-state index in [-0.39, 0.29) is 0 Å². The number of imidazole rings is 1. The van der Waals surface area contributed by atoms with Crippen LogP contribution in [-0.4, -0.2) is 9.38 Å². The molecule has 0 atom stereocenters. The minimum Gasteiger partial charge on any atom is -0.294 e. The van der Waals surface area contributed by atoms with E-state index in [4.69, 9.17) is 0 Å². The van der Waals surface area contributed by atoms with Gasteiger partial charge < -0.3 is 0 Å². The summed E-state index contributed by atoms with van der Waals surface area (Å²) in [6.45, 7) is 4.28. The van der Waals surface area contributed by atoms with Crippen molar-refractivity contribution in [2.45, 2.75) is 26.7 Å². The van der Waals surface area contributed by atoms with Crippen molar-refractivity contribution >= 4 is 21.6 Å². The highest BCUT2D eigenvalue weighted by Gasteiger charge is 2.09. The highest BCUT2D eigenvalue weighted by Crippen LogP contribution is 2.21. The number of aryl methyl sites for hydroxylation is 2. The molecule has 0 bridgehead atoms. The largest absolute Gasteiger partial charge is 0.294 e. The van der Waals surface area contributed by atoms with E-state index in [9.17, 15) is 0 Å². The fraction of sp³-hybridized carbons (Fsp3) is 0.364. The standard InChI is InChI=1S/C11H13BrN2/c1-3-8-6-5-7-14-10(12)9(4-2)13-11(8)14/h5-7H,3-4H2,1-2H3. The van der Waals surface area contributed by atoms with Gasteiger partial charge in [-0.3, -0.25) is 4.40 Å². The predicted molar refractivity (Wildman–Crippen MR) is 61.6 cm³/mol. The fourth-order valence-corrected chi connectivity index (χ4v) is 2.30. The molecule has 2 rings (SSSR count). The Bertz CT molecular complexity index is 460. The monoisotopic (exact) mass is 252 g/mol. The summed E-state index contributed by atoms with van der Waals surface area (Å²) in [7, 11) is 0. The van der Waals surface area contributed by atoms with Crippen LogP contribution in [0.1, 0.15) is 25.1 Å². The van der Waals surface area contributed by atoms with Crippen molar-refractivity contribution in [1.82, 2.24) is 9.38 Å². The SMILES string of the molecule is CCc1nc2c(CC)cccn2c1Br. The highest BCUT2D eigenvalue weighted by molar-refractivity contribution is 9.10. The molecule has 0 N–H and O–H groups in total. The van der Waals surface area contributed by atoms with Gasteiger partial charge in [0.25, 0.3) is 0 Å². The normalized spacial score (nSPS) is 11.1. The second kappa shape index (κ2) is 3.73. The Hall–Kier alpha value is -0.830. The number of pyridine rings is 1. The molecule has 14 heavy (non-hydrogen) atoms. The number of aromatic nitrogens is 2. The lowest BCUT2D eigenvalue weighted by molar-refractivity contribution is 1.05. The molecule has 2 nitrogen and oxygen atoms in total. The molecule has 0 aliphatic rings. The Morgan fingerprint density at radius 3 is 2.79 bits per heavy atom. The zero-order valence-corrected chi connectivity index (χ0v) is 10.0. The zero-order chi connectivity index (χ0) is 10.1. The quantitative estimate of drug-likeness (QED) is 0.803. The number of fused-ring (bicyclic) bond motifs is 1. The summed E-state index contributed by atoms with van der Waals surface area (Å²) in [4.78, 5) is 4.62. The van der Waals surface area contributed by atoms with Crippen molar-refractivity contribution in [3.05, 3.63) is 34.2 Å². The summed E-state index contributed by atoms with van der Waals surface area (Å²) in [5, 5.41) is 0. The van der Waals surface area contributed by atoms with Crippen LogP contribution in [0.25, 0.3) is 5.65 Å². The van der Waals surface area contributed by atoms with Crippen molar-refractivity contribution in [2.24, 2.45) is 0 Å². The first kappa shape index (κ1) is 9.71. The van der Waals surface area contributed by atoms with Crippen LogP contribution in [0.4, 0.5) is 0 Å². The lowest BCUT2D eigenvalue weighted by Gasteiger charge is -1.99. The molecule has 2 aromatic rings. The summed E-state index contributed by atoms with van der Waals surface area (Å²) in [5.74, 6) is 0. The van der Waals surface area contributed by atoms with Gasteiger partial charge in [-0.25, -0.2) is 4.98 Å². The van der Waals surface area contributed by atoms with Crippen molar-refractivity contribution in [3.8, 4) is 0 Å². The average Bonchev–Trinajstić information content (AvgIpc) is 2.55. The summed E-state index contributed by atoms with van der Waals surface area (Å²) in [6.07, 6.45) is 4.03. The molecule has 74 valence electrons. The molecule has 2 aromatic heterocycles. The summed E-state index contributed by atoms with van der Waals surface area (Å²) < 4.78 is 3.20. The van der Waals surface area contributed by atoms with E-state index in [0.717, 1.165) is 28.8 Å². The maximum Gasteiger partial charge on any atom is 0.141 e. The fourth-order valence-electron chi connectivity index (χ4n) is 1.64. The van der Waals surface area contributed by atoms with Gasteiger partial charge in [-0.05, 0) is 40.4 Å². The van der Waals surface area contributed by atoms with E-state index < -0.39 is 0 Å². The smallest absolute Gasteiger partial charge is 0.141 e. The van der Waals surface area contributed by atoms with Crippen LogP contribution in [0.15, 0.2) is 22.9 Å². The Kier molecular flexibility index (Phi) is 2.59. The number of halogens is 1. The molecular formula is C11H13BrN2. The lowest BCUT2D eigenvalue weighted by atomic mass is 10.2. The van der Waals surface area contributed by atoms with Crippen LogP contribution in [0, 0.1) is 0 Å². The molecule has 0 radical (unpaired) electrons. The van der Waals surface area contributed by atoms with E-state index in [1.165, 1.54) is 5.56 Å². The number of hydrogen-bond donors (Lipinski definition) is 0. The molecule has 0 aliphatic carbocycles. The third-order valence-electron chi connectivity index (χ3n) is 2.45. The van der Waals surface area contributed by atoms with E-state index in [1.54, 1.807) is 0 Å². The van der Waals surface area contributed by atoms with E-state index in [2.05, 4.69) is 51.3 Å². The zero-order valence-electron chi connectivity index (χ0n) is 8.42. The Morgan fingerprint density at radius 2 is 2.14 bits per heavy atom. The van der Waals surface area contributed by atoms with Gasteiger partial charge in [0, 0.05) is 6.20 Å². The van der Waals surface area contributed by atoms with Crippen LogP contribution in [-0.2, 0) is 12.8 Å². The average molecular weight is 253 g/mol. The topological polar surface area (TPSA) is 17.3 Å². The summed E-state index contributed by atoms with van der Waals surface area (Å²) in [6, 6.07) is 4.20. The van der Waals surface area contributed by atoms with Crippen molar-refractivity contribution < 1.29 is 0 Å². The van der Waals surface area contributed by atoms with Gasteiger partial charge >= 0.3 is 0 Å². The summed E-state index contributed by atoms with van der Waals surface area (Å²) >= 11 is 3.58. The first-order valence-electron chi connectivity index (χ1n) is 4.92. The minimum absolute atomic E-state index is 0.964. The van der Waals surface area contributed by atoms with Crippen molar-refractivity contribution in [2.75, 3.05) is 0 Å². The molecule has 0 fully saturated rings. The van der Waals surface area contributed by atoms with Gasteiger partial charge in [-0.15, -0.1) is 0 Å². The Labute approximate surface area is 92.1 Å². The van der Waals surface area contributed by atoms with Crippen molar-refractivity contribution in [1.29, 1.82) is 0 Å². The van der Waals surface area contributed by atoms with E-state index >= 15 is 0 Å². The second-order valence-corrected chi connectivity index (χ2v) is 4.03. The van der Waals surface area contributed by atoms with Gasteiger partial charge in [0.15, 0.2) is 0 Å². The molecule has 3 heteroatoms. The van der Waals surface area contributed by atoms with Crippen LogP contribution >= 0.6 is 15.9 Å². The number of hydrogen-bond acceptors (Lipinski definition) is 1. The lowest BCUT2D eigenvalue weighted by Crippen LogP contribution is -1.89. The molecule has 0 amide bonds. The highest BCUT2D eigenvalue weighted by atomic mass is 79.9. The molecule has 0 spiro atoms. The molecule has 2 heterocycles. The third kappa shape index (κ3) is 1.36. The molecule has 0 saturated carbocycles. The van der Waals surface area contributed by atoms with Crippen LogP contribution in [0.5, 0.6) is 0 Å². The van der Waals surface area contributed by atoms with Gasteiger partial charge in [0.1, 0.15) is 10.3 Å². The summed E-state index contributed by atoms with van der Waals surface area (Å²) in [5.41, 5.74) is 3.51. The minimum atomic E-state index is 0.964. The second-order valence-electron chi connectivity index (χ2n) is 3.28. The molecule has 0 aromatic carbocycles. The van der Waals surface area contributed by atoms with E-state index in [0.29, 0.717) is 0 Å². The van der Waals surface area contributed by atoms with Gasteiger partial charge in [0.2, 0.25) is 0 Å². The van der Waals surface area contributed by atoms with Gasteiger partial charge in [0.05, 0.1) is 5.69 Å². The van der Waals surface area contributed by atoms with Crippen LogP contribution in [0.3, 0.4) is 0 Å². The van der Waals surface area contributed by atoms with Crippen LogP contribution < -0.4 is 0 Å². The first-order valence-corrected chi connectivity index (χ1v) is 5.71. The Morgan fingerprint density at radius 1 is 1.36 bits per heavy atom. The molecule has 0 aliphatic heterocycles. The Balaban J connectivity index is 2.77. The first-order chi connectivity index (χ1) is 6.77. The number of rotatable bonds is 2. The third-order valence-corrected chi connectivity index (χ3v) is 3.29. The molecular weight excluding hydrogens is 240 g/mol. The number of nitrogens with zero attached hydrogens (tertiary/aromatic N) is 2. The van der Waals surface area contributed by atoms with Gasteiger partial charge in [-0.1, -0.05) is 19.9 Å². The van der Waals surface area contributed by atoms with Crippen LogP contribution in [0.2, 0.25) is 0 Å². The van der Waals surface area contributed by atoms with Gasteiger partial charge in [-0.2, -0.15) is 0 Å². The van der Waals surface area contributed by atoms with E-state index in [1.807, 2.05) is 6.20 Å². The maximum absolute atomic E-state index is 4.62. The maximum atomic E-state index is 4.62. The molecule has 0 unspecified atom stereocenters.